The second kappa shape index (κ2) is 68.1. The largest absolute Gasteiger partial charge is 0.481 e. The van der Waals surface area contributed by atoms with Crippen LogP contribution in [0.4, 0.5) is 0 Å². The number of primary amides is 1. The number of aliphatic hydroxyl groups is 1. The Bertz CT molecular complexity index is 3650. The molecule has 0 aliphatic rings. The van der Waals surface area contributed by atoms with E-state index in [2.05, 4.69) is 89.4 Å². The highest BCUT2D eigenvalue weighted by molar-refractivity contribution is 6.01. The standard InChI is InChI=1S/C76H143N31O22/c1-42(83)60(115)96-52(26-28-56(84)109)71(126)101-46(20-5-11-33-80)63(118)100-48(22-7-13-35-82)69(124)106-54(39-59(113)114)61(116)94-40-57(110)95-43(17-2-8-30-77)62(117)97-44(18-3-9-31-78)64(119)102-49(23-14-36-91-74(85)86)66(121)98-45(19-4-10-32-79)65(120)103-51(25-16-38-93-76(89)90)70(125)107-55(41-108)72(127)104-50(24-15-37-92-75(87)88)67(122)99-47(21-6-12-34-81)68(123)105-53(73(128)129)27-29-58(111)112/h42-55,108H,2-41,77-83H2,1H3,(H2,84,109)(H,94,116)(H,95,110)(H,96,115)(H,97,117)(H,98,121)(H,99,122)(H,100,118)(H,101,126)(H,102,119)(H,103,120)(H,104,127)(H,105,123)(H,106,124)(H,107,125)(H,111,112)(H,113,114)(H,128,129)(H4,85,86,91)(H4,87,88,92)(H4,89,90,93)/t42-,43-,44-,45-,46-,47-,48-,49-,50-,51-,52-,53-,54-,55-/m0/s1. The van der Waals surface area contributed by atoms with Gasteiger partial charge in [-0.1, -0.05) is 0 Å². The highest BCUT2D eigenvalue weighted by Gasteiger charge is 2.38. The van der Waals surface area contributed by atoms with Crippen LogP contribution in [-0.4, -0.2) is 301 Å². The Labute approximate surface area is 747 Å². The van der Waals surface area contributed by atoms with Crippen molar-refractivity contribution < 1.29 is 107 Å². The van der Waals surface area contributed by atoms with E-state index < -0.39 is 224 Å². The summed E-state index contributed by atoms with van der Waals surface area (Å²) < 4.78 is 0. The van der Waals surface area contributed by atoms with Gasteiger partial charge in [0.25, 0.3) is 0 Å². The quantitative estimate of drug-likeness (QED) is 0.0153. The maximum Gasteiger partial charge on any atom is 0.326 e. The van der Waals surface area contributed by atoms with Gasteiger partial charge in [0.05, 0.1) is 25.6 Å². The number of aliphatic carboxylic acids is 3. The number of nitrogens with two attached hydrogens (primary N) is 14. The molecule has 14 atom stereocenters. The molecule has 0 saturated heterocycles. The number of hydrogen-bond acceptors (Lipinski definition) is 29. The molecule has 0 aromatic carbocycles. The zero-order chi connectivity index (χ0) is 97.5. The Hall–Kier alpha value is -12.0. The Morgan fingerprint density at radius 1 is 0.271 bits per heavy atom. The fourth-order valence-corrected chi connectivity index (χ4v) is 12.4. The molecule has 0 fully saturated rings. The number of guanidine groups is 3. The molecule has 0 heterocycles. The lowest BCUT2D eigenvalue weighted by atomic mass is 10.0. The third-order valence-corrected chi connectivity index (χ3v) is 19.5. The van der Waals surface area contributed by atoms with Gasteiger partial charge in [0.2, 0.25) is 88.6 Å². The Balaban J connectivity index is 7.48. The minimum absolute atomic E-state index is 0.0152. The fraction of sp³-hybridized carbons (Fsp3) is 0.724. The first kappa shape index (κ1) is 117. The average molecular weight is 1840 g/mol. The van der Waals surface area contributed by atoms with E-state index in [1.165, 1.54) is 6.92 Å². The van der Waals surface area contributed by atoms with Gasteiger partial charge in [0.15, 0.2) is 17.9 Å². The fourth-order valence-electron chi connectivity index (χ4n) is 12.4. The van der Waals surface area contributed by atoms with Crippen molar-refractivity contribution in [2.24, 2.45) is 95.2 Å². The van der Waals surface area contributed by atoms with Crippen LogP contribution >= 0.6 is 0 Å². The summed E-state index contributed by atoms with van der Waals surface area (Å²) in [5, 5.41) is 74.1. The van der Waals surface area contributed by atoms with Gasteiger partial charge < -0.3 is 175 Å². The van der Waals surface area contributed by atoms with Crippen molar-refractivity contribution in [3.05, 3.63) is 0 Å². The first-order valence-corrected chi connectivity index (χ1v) is 43.0. The molecule has 0 aromatic rings. The van der Waals surface area contributed by atoms with Gasteiger partial charge in [-0.15, -0.1) is 0 Å². The van der Waals surface area contributed by atoms with Gasteiger partial charge in [-0.25, -0.2) is 4.79 Å². The number of unbranched alkanes of at least 4 members (excludes halogenated alkanes) is 6. The number of hydrogen-bond donors (Lipinski definition) is 32. The molecule has 0 bridgehead atoms. The minimum Gasteiger partial charge on any atom is -0.481 e. The molecule has 53 nitrogen and oxygen atoms in total. The van der Waals surface area contributed by atoms with Crippen molar-refractivity contribution in [3.63, 3.8) is 0 Å². The van der Waals surface area contributed by atoms with Crippen LogP contribution in [0.25, 0.3) is 0 Å². The normalized spacial score (nSPS) is 14.2. The monoisotopic (exact) mass is 1840 g/mol. The molecule has 0 aliphatic carbocycles. The van der Waals surface area contributed by atoms with Gasteiger partial charge in [-0.3, -0.25) is 96.5 Å². The van der Waals surface area contributed by atoms with Crippen molar-refractivity contribution in [3.8, 4) is 0 Å². The van der Waals surface area contributed by atoms with Crippen LogP contribution in [0.1, 0.15) is 193 Å². The lowest BCUT2D eigenvalue weighted by molar-refractivity contribution is -0.144. The molecule has 53 heteroatoms. The summed E-state index contributed by atoms with van der Waals surface area (Å²) in [5.74, 6) is -20.7. The number of aliphatic hydroxyl groups excluding tert-OH is 1. The molecule has 0 saturated carbocycles. The summed E-state index contributed by atoms with van der Waals surface area (Å²) in [6.07, 6.45) is -1.50. The van der Waals surface area contributed by atoms with Crippen molar-refractivity contribution in [2.75, 3.05) is 72.1 Å². The molecular weight excluding hydrogens is 1700 g/mol. The lowest BCUT2D eigenvalue weighted by Crippen LogP contribution is -2.61. The van der Waals surface area contributed by atoms with Crippen molar-refractivity contribution in [1.82, 2.24) is 74.4 Å². The van der Waals surface area contributed by atoms with Crippen molar-refractivity contribution in [1.29, 1.82) is 0 Å². The molecule has 0 aromatic heterocycles. The number of amides is 15. The molecular formula is C76H143N31O22. The number of carboxylic acid groups (broad SMARTS) is 3. The second-order valence-corrected chi connectivity index (χ2v) is 30.5. The molecule has 0 rings (SSSR count). The van der Waals surface area contributed by atoms with Crippen LogP contribution in [0, 0.1) is 0 Å². The number of carbonyl (C=O) groups excluding carboxylic acids is 15. The van der Waals surface area contributed by atoms with Crippen LogP contribution in [0.5, 0.6) is 0 Å². The minimum atomic E-state index is -1.93. The van der Waals surface area contributed by atoms with E-state index in [9.17, 15) is 107 Å². The predicted octanol–water partition coefficient (Wildman–Crippen LogP) is -12.6. The van der Waals surface area contributed by atoms with Gasteiger partial charge in [0.1, 0.15) is 78.5 Å². The maximum absolute atomic E-state index is 14.8. The van der Waals surface area contributed by atoms with Crippen LogP contribution in [0.3, 0.4) is 0 Å². The zero-order valence-electron chi connectivity index (χ0n) is 73.4. The van der Waals surface area contributed by atoms with Gasteiger partial charge in [-0.2, -0.15) is 0 Å². The number of aliphatic imine (C=N–C) groups is 3. The summed E-state index contributed by atoms with van der Waals surface area (Å²) in [6, 6.07) is -21.9. The molecule has 734 valence electrons. The number of nitrogens with zero attached hydrogens (tertiary/aromatic N) is 3. The van der Waals surface area contributed by atoms with Gasteiger partial charge >= 0.3 is 17.9 Å². The Morgan fingerprint density at radius 3 is 0.744 bits per heavy atom. The third-order valence-electron chi connectivity index (χ3n) is 19.5. The van der Waals surface area contributed by atoms with Gasteiger partial charge in [0, 0.05) is 32.5 Å². The number of nitrogens with one attached hydrogen (secondary N) is 14. The summed E-state index contributed by atoms with van der Waals surface area (Å²) in [5.41, 5.74) is 79.0. The highest BCUT2D eigenvalue weighted by atomic mass is 16.4. The number of rotatable bonds is 74. The van der Waals surface area contributed by atoms with Crippen LogP contribution in [0.15, 0.2) is 15.0 Å². The van der Waals surface area contributed by atoms with E-state index >= 15 is 0 Å². The lowest BCUT2D eigenvalue weighted by Gasteiger charge is -2.28. The Morgan fingerprint density at radius 2 is 0.504 bits per heavy atom. The van der Waals surface area contributed by atoms with Crippen LogP contribution in [0.2, 0.25) is 0 Å². The maximum atomic E-state index is 14.8. The van der Waals surface area contributed by atoms with Crippen molar-refractivity contribution >= 4 is 124 Å². The van der Waals surface area contributed by atoms with E-state index in [0.29, 0.717) is 32.1 Å². The van der Waals surface area contributed by atoms with Crippen LogP contribution in [-0.2, 0) is 86.3 Å². The summed E-state index contributed by atoms with van der Waals surface area (Å²) in [4.78, 5) is 257. The van der Waals surface area contributed by atoms with E-state index in [4.69, 9.17) is 80.3 Å². The van der Waals surface area contributed by atoms with Crippen molar-refractivity contribution in [2.45, 2.75) is 278 Å². The van der Waals surface area contributed by atoms with E-state index in [1.54, 1.807) is 0 Å². The SMILES string of the molecule is C[C@H](N)C(=O)N[C@@H](CCC(N)=O)C(=O)N[C@@H](CCCCN)C(=O)N[C@@H](CCCCN)C(=O)N[C@@H](CC(=O)O)C(=O)NCC(=O)N[C@@H](CCCCN)C(=O)N[C@@H](CCCCN)C(=O)N[C@@H](CCCN=C(N)N)C(=O)N[C@@H](CCCCN)C(=O)N[C@@H](CCCN=C(N)N)C(=O)N[C@@H](CO)C(=O)N[C@@H](CCCN=C(N)N)C(=O)N[C@@H](CCCCN)C(=O)N[C@@H](CCC(=O)O)C(=O)O. The van der Waals surface area contributed by atoms with E-state index in [0.717, 1.165) is 0 Å². The number of carbonyl (C=O) groups is 18. The third kappa shape index (κ3) is 53.4. The summed E-state index contributed by atoms with van der Waals surface area (Å²) in [7, 11) is 0. The molecule has 0 spiro atoms. The molecule has 0 aliphatic heterocycles. The molecule has 0 radical (unpaired) electrons. The van der Waals surface area contributed by atoms with Crippen LogP contribution < -0.4 is 155 Å². The van der Waals surface area contributed by atoms with E-state index in [1.807, 2.05) is 0 Å². The molecule has 15 amide bonds. The molecule has 129 heavy (non-hydrogen) atoms. The first-order chi connectivity index (χ1) is 61.1. The van der Waals surface area contributed by atoms with Gasteiger partial charge in [-0.05, 0) is 213 Å². The smallest absolute Gasteiger partial charge is 0.326 e. The number of carboxylic acids is 3. The highest BCUT2D eigenvalue weighted by Crippen LogP contribution is 2.15. The first-order valence-electron chi connectivity index (χ1n) is 43.0. The second-order valence-electron chi connectivity index (χ2n) is 30.5. The zero-order valence-corrected chi connectivity index (χ0v) is 73.4. The summed E-state index contributed by atoms with van der Waals surface area (Å²) >= 11 is 0. The Kier molecular flexibility index (Phi) is 61.8. The average Bonchev–Trinajstić information content (AvgIpc) is 0.856. The topological polar surface area (TPSA) is 958 Å². The summed E-state index contributed by atoms with van der Waals surface area (Å²) in [6.45, 7) is -0.307. The predicted molar refractivity (Wildman–Crippen MR) is 471 cm³/mol. The molecule has 46 N–H and O–H groups in total. The molecule has 0 unspecified atom stereocenters. The van der Waals surface area contributed by atoms with E-state index in [-0.39, 0.29) is 212 Å².